The minimum Gasteiger partial charge on any atom is -0.469 e. The summed E-state index contributed by atoms with van der Waals surface area (Å²) in [6, 6.07) is 4.38. The van der Waals surface area contributed by atoms with Crippen molar-refractivity contribution >= 4 is 5.96 Å². The molecule has 0 aliphatic heterocycles. The van der Waals surface area contributed by atoms with Crippen LogP contribution in [0.5, 0.6) is 0 Å². The van der Waals surface area contributed by atoms with Crippen LogP contribution in [0.2, 0.25) is 0 Å². The zero-order valence-corrected chi connectivity index (χ0v) is 10.9. The van der Waals surface area contributed by atoms with E-state index in [1.165, 1.54) is 0 Å². The number of rotatable bonds is 5. The minimum atomic E-state index is 0.492. The average Bonchev–Trinajstić information content (AvgIpc) is 3.02. The van der Waals surface area contributed by atoms with Gasteiger partial charge in [0.05, 0.1) is 6.26 Å². The highest BCUT2D eigenvalue weighted by atomic mass is 16.3. The maximum absolute atomic E-state index is 5.29. The van der Waals surface area contributed by atoms with Gasteiger partial charge in [0.2, 0.25) is 0 Å². The number of furan rings is 1. The molecule has 0 bridgehead atoms. The molecule has 4 heteroatoms. The molecule has 0 atom stereocenters. The van der Waals surface area contributed by atoms with Crippen LogP contribution < -0.4 is 10.6 Å². The zero-order valence-electron chi connectivity index (χ0n) is 10.9. The number of hydrogen-bond acceptors (Lipinski definition) is 2. The monoisotopic (exact) mass is 247 g/mol. The Bertz CT molecular complexity index is 387. The molecule has 18 heavy (non-hydrogen) atoms. The van der Waals surface area contributed by atoms with E-state index < -0.39 is 0 Å². The molecule has 0 amide bonds. The second-order valence-corrected chi connectivity index (χ2v) is 4.37. The van der Waals surface area contributed by atoms with Gasteiger partial charge in [0.15, 0.2) is 5.96 Å². The van der Waals surface area contributed by atoms with Crippen molar-refractivity contribution in [2.75, 3.05) is 13.1 Å². The molecule has 4 nitrogen and oxygen atoms in total. The standard InChI is InChI=1S/C14H21N3O/c1-2-15-14(17-12-6-3-4-7-12)16-10-9-13-8-5-11-18-13/h3-5,8,11-12H,2,6-7,9-10H2,1H3,(H2,15,16,17). The molecule has 0 unspecified atom stereocenters. The van der Waals surface area contributed by atoms with Crippen molar-refractivity contribution in [2.45, 2.75) is 32.2 Å². The topological polar surface area (TPSA) is 49.6 Å². The first-order valence-electron chi connectivity index (χ1n) is 6.60. The SMILES string of the molecule is CCNC(=NCCc1ccco1)NC1CC=CC1. The summed E-state index contributed by atoms with van der Waals surface area (Å²) in [7, 11) is 0. The van der Waals surface area contributed by atoms with Gasteiger partial charge >= 0.3 is 0 Å². The van der Waals surface area contributed by atoms with E-state index in [9.17, 15) is 0 Å². The number of hydrogen-bond donors (Lipinski definition) is 2. The Labute approximate surface area is 108 Å². The third kappa shape index (κ3) is 3.95. The van der Waals surface area contributed by atoms with E-state index in [1.54, 1.807) is 6.26 Å². The number of nitrogens with zero attached hydrogens (tertiary/aromatic N) is 1. The molecule has 1 aromatic rings. The van der Waals surface area contributed by atoms with Crippen molar-refractivity contribution in [1.82, 2.24) is 10.6 Å². The Kier molecular flexibility index (Phi) is 4.88. The Morgan fingerprint density at radius 2 is 2.28 bits per heavy atom. The summed E-state index contributed by atoms with van der Waals surface area (Å²) >= 11 is 0. The first-order valence-corrected chi connectivity index (χ1v) is 6.60. The number of guanidine groups is 1. The van der Waals surface area contributed by atoms with Gasteiger partial charge in [-0.25, -0.2) is 0 Å². The summed E-state index contributed by atoms with van der Waals surface area (Å²) in [6.45, 7) is 3.70. The molecule has 1 aliphatic rings. The Hall–Kier alpha value is -1.71. The van der Waals surface area contributed by atoms with Crippen LogP contribution >= 0.6 is 0 Å². The highest BCUT2D eigenvalue weighted by molar-refractivity contribution is 5.80. The van der Waals surface area contributed by atoms with Gasteiger partial charge in [-0.05, 0) is 31.9 Å². The van der Waals surface area contributed by atoms with Gasteiger partial charge in [-0.3, -0.25) is 4.99 Å². The molecule has 1 heterocycles. The average molecular weight is 247 g/mol. The molecule has 98 valence electrons. The fourth-order valence-corrected chi connectivity index (χ4v) is 1.98. The van der Waals surface area contributed by atoms with E-state index in [0.29, 0.717) is 6.04 Å². The third-order valence-corrected chi connectivity index (χ3v) is 2.90. The van der Waals surface area contributed by atoms with Crippen molar-refractivity contribution in [3.05, 3.63) is 36.3 Å². The van der Waals surface area contributed by atoms with Crippen LogP contribution in [0.3, 0.4) is 0 Å². The first-order chi connectivity index (χ1) is 8.88. The molecular weight excluding hydrogens is 226 g/mol. The molecule has 2 N–H and O–H groups in total. The molecule has 0 fully saturated rings. The van der Waals surface area contributed by atoms with E-state index in [2.05, 4.69) is 34.7 Å². The molecule has 1 aliphatic carbocycles. The first kappa shape index (κ1) is 12.7. The molecule has 0 saturated carbocycles. The minimum absolute atomic E-state index is 0.492. The van der Waals surface area contributed by atoms with E-state index >= 15 is 0 Å². The van der Waals surface area contributed by atoms with Gasteiger partial charge in [-0.15, -0.1) is 0 Å². The van der Waals surface area contributed by atoms with Gasteiger partial charge in [0.25, 0.3) is 0 Å². The fraction of sp³-hybridized carbons (Fsp3) is 0.500. The lowest BCUT2D eigenvalue weighted by Gasteiger charge is -2.16. The normalized spacial score (nSPS) is 16.2. The maximum Gasteiger partial charge on any atom is 0.191 e. The predicted octanol–water partition coefficient (Wildman–Crippen LogP) is 2.10. The van der Waals surface area contributed by atoms with Crippen molar-refractivity contribution in [1.29, 1.82) is 0 Å². The molecule has 1 aromatic heterocycles. The van der Waals surface area contributed by atoms with Gasteiger partial charge in [-0.2, -0.15) is 0 Å². The van der Waals surface area contributed by atoms with Crippen LogP contribution in [-0.4, -0.2) is 25.1 Å². The summed E-state index contributed by atoms with van der Waals surface area (Å²) < 4.78 is 5.29. The quantitative estimate of drug-likeness (QED) is 0.476. The maximum atomic E-state index is 5.29. The van der Waals surface area contributed by atoms with Gasteiger partial charge in [0, 0.05) is 25.6 Å². The number of nitrogens with one attached hydrogen (secondary N) is 2. The van der Waals surface area contributed by atoms with Crippen LogP contribution in [0.15, 0.2) is 40.0 Å². The van der Waals surface area contributed by atoms with Gasteiger partial charge in [-0.1, -0.05) is 12.2 Å². The van der Waals surface area contributed by atoms with E-state index in [0.717, 1.165) is 44.1 Å². The van der Waals surface area contributed by atoms with E-state index in [4.69, 9.17) is 4.42 Å². The number of aliphatic imine (C=N–C) groups is 1. The lowest BCUT2D eigenvalue weighted by Crippen LogP contribution is -2.42. The molecule has 0 spiro atoms. The second kappa shape index (κ2) is 6.89. The van der Waals surface area contributed by atoms with Crippen LogP contribution in [0, 0.1) is 0 Å². The van der Waals surface area contributed by atoms with Crippen molar-refractivity contribution in [3.8, 4) is 0 Å². The summed E-state index contributed by atoms with van der Waals surface area (Å²) in [5, 5.41) is 6.71. The van der Waals surface area contributed by atoms with E-state index in [1.807, 2.05) is 12.1 Å². The van der Waals surface area contributed by atoms with E-state index in [-0.39, 0.29) is 0 Å². The second-order valence-electron chi connectivity index (χ2n) is 4.37. The van der Waals surface area contributed by atoms with Crippen molar-refractivity contribution in [3.63, 3.8) is 0 Å². The molecule has 2 rings (SSSR count). The fourth-order valence-electron chi connectivity index (χ4n) is 1.98. The molecule has 0 radical (unpaired) electrons. The highest BCUT2D eigenvalue weighted by Crippen LogP contribution is 2.08. The predicted molar refractivity (Wildman–Crippen MR) is 73.7 cm³/mol. The molecule has 0 aromatic carbocycles. The third-order valence-electron chi connectivity index (χ3n) is 2.90. The van der Waals surface area contributed by atoms with Crippen LogP contribution in [0.1, 0.15) is 25.5 Å². The summed E-state index contributed by atoms with van der Waals surface area (Å²) in [4.78, 5) is 4.56. The summed E-state index contributed by atoms with van der Waals surface area (Å²) in [5.74, 6) is 1.88. The van der Waals surface area contributed by atoms with Crippen molar-refractivity contribution < 1.29 is 4.42 Å². The van der Waals surface area contributed by atoms with Crippen molar-refractivity contribution in [2.24, 2.45) is 4.99 Å². The van der Waals surface area contributed by atoms with Gasteiger partial charge in [0.1, 0.15) is 5.76 Å². The highest BCUT2D eigenvalue weighted by Gasteiger charge is 2.11. The van der Waals surface area contributed by atoms with Gasteiger partial charge < -0.3 is 15.1 Å². The largest absolute Gasteiger partial charge is 0.469 e. The Balaban J connectivity index is 1.79. The smallest absolute Gasteiger partial charge is 0.191 e. The summed E-state index contributed by atoms with van der Waals surface area (Å²) in [5.41, 5.74) is 0. The summed E-state index contributed by atoms with van der Waals surface area (Å²) in [6.07, 6.45) is 9.14. The molecular formula is C14H21N3O. The van der Waals surface area contributed by atoms with Crippen LogP contribution in [-0.2, 0) is 6.42 Å². The van der Waals surface area contributed by atoms with Crippen LogP contribution in [0.25, 0.3) is 0 Å². The van der Waals surface area contributed by atoms with Crippen LogP contribution in [0.4, 0.5) is 0 Å². The Morgan fingerprint density at radius 1 is 1.44 bits per heavy atom. The lowest BCUT2D eigenvalue weighted by atomic mass is 10.2. The molecule has 0 saturated heterocycles. The Morgan fingerprint density at radius 3 is 2.94 bits per heavy atom. The lowest BCUT2D eigenvalue weighted by molar-refractivity contribution is 0.510. The zero-order chi connectivity index (χ0) is 12.6.